The predicted octanol–water partition coefficient (Wildman–Crippen LogP) is 0.829. The summed E-state index contributed by atoms with van der Waals surface area (Å²) in [7, 11) is 4.69. The molecule has 0 aromatic heterocycles. The van der Waals surface area contributed by atoms with Crippen LogP contribution in [0.2, 0.25) is 0 Å². The van der Waals surface area contributed by atoms with E-state index in [0.29, 0.717) is 23.8 Å². The molecule has 2 N–H and O–H groups in total. The second kappa shape index (κ2) is 9.29. The molecule has 1 saturated heterocycles. The summed E-state index contributed by atoms with van der Waals surface area (Å²) in [5.41, 5.74) is 6.38. The van der Waals surface area contributed by atoms with Crippen LogP contribution in [0.3, 0.4) is 0 Å². The van der Waals surface area contributed by atoms with E-state index >= 15 is 0 Å². The molecule has 7 nitrogen and oxygen atoms in total. The summed E-state index contributed by atoms with van der Waals surface area (Å²) < 4.78 is 16.0. The molecular formula is C18H27N3O4. The van der Waals surface area contributed by atoms with E-state index in [9.17, 15) is 4.79 Å². The monoisotopic (exact) mass is 349 g/mol. The van der Waals surface area contributed by atoms with E-state index in [1.54, 1.807) is 33.5 Å². The van der Waals surface area contributed by atoms with Crippen LogP contribution in [-0.4, -0.2) is 76.3 Å². The number of rotatable bonds is 7. The molecule has 1 heterocycles. The lowest BCUT2D eigenvalue weighted by molar-refractivity contribution is -0.127. The molecule has 1 aliphatic rings. The van der Waals surface area contributed by atoms with Gasteiger partial charge in [0.1, 0.15) is 0 Å². The maximum absolute atomic E-state index is 12.4. The van der Waals surface area contributed by atoms with Crippen LogP contribution in [0.15, 0.2) is 18.2 Å². The second-order valence-corrected chi connectivity index (χ2v) is 5.75. The molecule has 1 aliphatic heterocycles. The number of nitrogens with zero attached hydrogens (tertiary/aromatic N) is 2. The summed E-state index contributed by atoms with van der Waals surface area (Å²) in [6, 6.07) is 3.62. The quantitative estimate of drug-likeness (QED) is 0.735. The minimum Gasteiger partial charge on any atom is -0.493 e. The summed E-state index contributed by atoms with van der Waals surface area (Å²) in [6.07, 6.45) is 3.35. The maximum atomic E-state index is 12.4. The molecule has 1 aromatic rings. The van der Waals surface area contributed by atoms with Crippen molar-refractivity contribution in [3.8, 4) is 17.2 Å². The van der Waals surface area contributed by atoms with Crippen LogP contribution in [0, 0.1) is 0 Å². The van der Waals surface area contributed by atoms with Gasteiger partial charge < -0.3 is 24.8 Å². The first-order valence-corrected chi connectivity index (χ1v) is 8.32. The molecule has 0 atom stereocenters. The Morgan fingerprint density at radius 3 is 2.16 bits per heavy atom. The van der Waals surface area contributed by atoms with Crippen LogP contribution in [0.5, 0.6) is 17.2 Å². The highest BCUT2D eigenvalue weighted by Crippen LogP contribution is 2.38. The Hall–Kier alpha value is -2.25. The van der Waals surface area contributed by atoms with Crippen molar-refractivity contribution in [2.75, 3.05) is 60.6 Å². The number of benzene rings is 1. The normalized spacial score (nSPS) is 15.4. The molecule has 25 heavy (non-hydrogen) atoms. The van der Waals surface area contributed by atoms with Gasteiger partial charge in [0.2, 0.25) is 11.7 Å². The molecule has 0 bridgehead atoms. The van der Waals surface area contributed by atoms with Crippen LogP contribution >= 0.6 is 0 Å². The van der Waals surface area contributed by atoms with Crippen LogP contribution < -0.4 is 19.9 Å². The number of amides is 1. The molecule has 0 unspecified atom stereocenters. The number of nitrogens with two attached hydrogens (primary N) is 1. The molecule has 0 spiro atoms. The highest BCUT2D eigenvalue weighted by molar-refractivity contribution is 5.92. The highest BCUT2D eigenvalue weighted by Gasteiger charge is 2.19. The van der Waals surface area contributed by atoms with Crippen LogP contribution in [0.25, 0.3) is 6.08 Å². The van der Waals surface area contributed by atoms with Gasteiger partial charge in [-0.3, -0.25) is 9.69 Å². The molecule has 7 heteroatoms. The van der Waals surface area contributed by atoms with Gasteiger partial charge in [0.15, 0.2) is 11.5 Å². The van der Waals surface area contributed by atoms with Gasteiger partial charge in [0.25, 0.3) is 0 Å². The SMILES string of the molecule is COc1cc(C=CC(=O)N2CCN(CCN)CC2)cc(OC)c1OC. The fourth-order valence-corrected chi connectivity index (χ4v) is 2.84. The maximum Gasteiger partial charge on any atom is 0.246 e. The minimum absolute atomic E-state index is 0.00106. The summed E-state index contributed by atoms with van der Waals surface area (Å²) in [4.78, 5) is 16.5. The standard InChI is InChI=1S/C18H27N3O4/c1-23-15-12-14(13-16(24-2)18(15)25-3)4-5-17(22)21-10-8-20(7-6-19)9-11-21/h4-5,12-13H,6-11,19H2,1-3H3. The number of methoxy groups -OCH3 is 3. The number of hydrogen-bond donors (Lipinski definition) is 1. The molecule has 1 fully saturated rings. The third-order valence-corrected chi connectivity index (χ3v) is 4.23. The van der Waals surface area contributed by atoms with Crippen molar-refractivity contribution in [3.05, 3.63) is 23.8 Å². The van der Waals surface area contributed by atoms with Gasteiger partial charge in [-0.25, -0.2) is 0 Å². The zero-order valence-electron chi connectivity index (χ0n) is 15.2. The van der Waals surface area contributed by atoms with Crippen molar-refractivity contribution in [1.29, 1.82) is 0 Å². The van der Waals surface area contributed by atoms with Gasteiger partial charge in [0, 0.05) is 45.3 Å². The summed E-state index contributed by atoms with van der Waals surface area (Å²) in [5, 5.41) is 0. The van der Waals surface area contributed by atoms with Crippen molar-refractivity contribution >= 4 is 12.0 Å². The van der Waals surface area contributed by atoms with E-state index in [1.807, 2.05) is 17.0 Å². The first-order chi connectivity index (χ1) is 12.1. The first kappa shape index (κ1) is 19.1. The lowest BCUT2D eigenvalue weighted by atomic mass is 10.1. The number of ether oxygens (including phenoxy) is 3. The van der Waals surface area contributed by atoms with Crippen molar-refractivity contribution in [1.82, 2.24) is 9.80 Å². The van der Waals surface area contributed by atoms with Crippen molar-refractivity contribution in [3.63, 3.8) is 0 Å². The smallest absolute Gasteiger partial charge is 0.246 e. The van der Waals surface area contributed by atoms with E-state index in [1.165, 1.54) is 0 Å². The molecule has 0 radical (unpaired) electrons. The number of carbonyl (C=O) groups is 1. The first-order valence-electron chi connectivity index (χ1n) is 8.32. The number of carbonyl (C=O) groups excluding carboxylic acids is 1. The van der Waals surface area contributed by atoms with E-state index in [-0.39, 0.29) is 5.91 Å². The van der Waals surface area contributed by atoms with Gasteiger partial charge in [-0.2, -0.15) is 0 Å². The van der Waals surface area contributed by atoms with Crippen LogP contribution in [-0.2, 0) is 4.79 Å². The Morgan fingerprint density at radius 1 is 1.08 bits per heavy atom. The minimum atomic E-state index is 0.00106. The van der Waals surface area contributed by atoms with Gasteiger partial charge in [-0.15, -0.1) is 0 Å². The average molecular weight is 349 g/mol. The Morgan fingerprint density at radius 2 is 1.68 bits per heavy atom. The topological polar surface area (TPSA) is 77.3 Å². The predicted molar refractivity (Wildman–Crippen MR) is 97.2 cm³/mol. The summed E-state index contributed by atoms with van der Waals surface area (Å²) >= 11 is 0. The Labute approximate surface area is 148 Å². The van der Waals surface area contributed by atoms with E-state index in [2.05, 4.69) is 4.90 Å². The zero-order valence-corrected chi connectivity index (χ0v) is 15.2. The Bertz CT molecular complexity index is 585. The lowest BCUT2D eigenvalue weighted by Gasteiger charge is -2.33. The largest absolute Gasteiger partial charge is 0.493 e. The number of piperazine rings is 1. The second-order valence-electron chi connectivity index (χ2n) is 5.75. The molecule has 1 amide bonds. The van der Waals surface area contributed by atoms with E-state index < -0.39 is 0 Å². The fraction of sp³-hybridized carbons (Fsp3) is 0.500. The summed E-state index contributed by atoms with van der Waals surface area (Å²) in [6.45, 7) is 4.69. The Balaban J connectivity index is 2.05. The molecule has 1 aromatic carbocycles. The summed E-state index contributed by atoms with van der Waals surface area (Å²) in [5.74, 6) is 1.65. The van der Waals surface area contributed by atoms with Crippen LogP contribution in [0.4, 0.5) is 0 Å². The fourth-order valence-electron chi connectivity index (χ4n) is 2.84. The van der Waals surface area contributed by atoms with E-state index in [4.69, 9.17) is 19.9 Å². The molecule has 2 rings (SSSR count). The zero-order chi connectivity index (χ0) is 18.2. The molecular weight excluding hydrogens is 322 g/mol. The van der Waals surface area contributed by atoms with Crippen molar-refractivity contribution in [2.45, 2.75) is 0 Å². The number of hydrogen-bond acceptors (Lipinski definition) is 6. The third-order valence-electron chi connectivity index (χ3n) is 4.23. The molecule has 0 aliphatic carbocycles. The molecule has 138 valence electrons. The third kappa shape index (κ3) is 4.87. The van der Waals surface area contributed by atoms with Crippen molar-refractivity contribution < 1.29 is 19.0 Å². The van der Waals surface area contributed by atoms with Gasteiger partial charge in [-0.05, 0) is 23.8 Å². The van der Waals surface area contributed by atoms with E-state index in [0.717, 1.165) is 38.3 Å². The van der Waals surface area contributed by atoms with Gasteiger partial charge in [0.05, 0.1) is 21.3 Å². The van der Waals surface area contributed by atoms with Crippen molar-refractivity contribution in [2.24, 2.45) is 5.73 Å². The average Bonchev–Trinajstić information content (AvgIpc) is 2.65. The van der Waals surface area contributed by atoms with Gasteiger partial charge in [-0.1, -0.05) is 0 Å². The molecule has 0 saturated carbocycles. The van der Waals surface area contributed by atoms with Crippen LogP contribution in [0.1, 0.15) is 5.56 Å². The highest BCUT2D eigenvalue weighted by atomic mass is 16.5. The Kier molecular flexibility index (Phi) is 7.09. The lowest BCUT2D eigenvalue weighted by Crippen LogP contribution is -2.49. The van der Waals surface area contributed by atoms with Gasteiger partial charge >= 0.3 is 0 Å².